The molecule has 3 rings (SSSR count). The number of carbonyl (C=O) groups is 1. The number of ether oxygens (including phenoxy) is 2. The number of nitrogens with one attached hydrogen (secondary N) is 2. The van der Waals surface area contributed by atoms with Crippen molar-refractivity contribution in [2.75, 3.05) is 25.0 Å². The summed E-state index contributed by atoms with van der Waals surface area (Å²) in [5, 5.41) is 2.74. The van der Waals surface area contributed by atoms with E-state index in [0.29, 0.717) is 11.5 Å². The van der Waals surface area contributed by atoms with E-state index in [1.165, 1.54) is 12.1 Å². The molecule has 2 N–H and O–H groups in total. The van der Waals surface area contributed by atoms with Gasteiger partial charge in [0.05, 0.1) is 29.8 Å². The minimum Gasteiger partial charge on any atom is -0.493 e. The van der Waals surface area contributed by atoms with Crippen LogP contribution < -0.4 is 19.5 Å². The SMILES string of the molecule is COc1ccccc1OCCNC(=O)c1ccccc1NS(=O)(=O)c1ccc(C)cc1. The van der Waals surface area contributed by atoms with Crippen LogP contribution in [0.4, 0.5) is 5.69 Å². The van der Waals surface area contributed by atoms with E-state index in [1.807, 2.05) is 19.1 Å². The Balaban J connectivity index is 1.64. The van der Waals surface area contributed by atoms with Gasteiger partial charge in [-0.1, -0.05) is 42.0 Å². The van der Waals surface area contributed by atoms with Crippen LogP contribution in [0.3, 0.4) is 0 Å². The van der Waals surface area contributed by atoms with Crippen molar-refractivity contribution in [3.63, 3.8) is 0 Å². The number of amides is 1. The molecule has 31 heavy (non-hydrogen) atoms. The summed E-state index contributed by atoms with van der Waals surface area (Å²) in [6.07, 6.45) is 0. The Labute approximate surface area is 182 Å². The lowest BCUT2D eigenvalue weighted by Gasteiger charge is -2.14. The molecule has 0 saturated carbocycles. The smallest absolute Gasteiger partial charge is 0.261 e. The lowest BCUT2D eigenvalue weighted by Crippen LogP contribution is -2.29. The molecule has 7 nitrogen and oxygen atoms in total. The highest BCUT2D eigenvalue weighted by molar-refractivity contribution is 7.92. The number of para-hydroxylation sites is 3. The van der Waals surface area contributed by atoms with Crippen molar-refractivity contribution >= 4 is 21.6 Å². The Morgan fingerprint density at radius 3 is 2.26 bits per heavy atom. The van der Waals surface area contributed by atoms with Crippen LogP contribution in [-0.4, -0.2) is 34.6 Å². The standard InChI is InChI=1S/C23H24N2O5S/c1-17-11-13-18(14-12-17)31(27,28)25-20-8-4-3-7-19(20)23(26)24-15-16-30-22-10-6-5-9-21(22)29-2/h3-14,25H,15-16H2,1-2H3,(H,24,26). The third-order valence-corrected chi connectivity index (χ3v) is 5.84. The molecule has 0 saturated heterocycles. The van der Waals surface area contributed by atoms with Crippen LogP contribution in [-0.2, 0) is 10.0 Å². The third kappa shape index (κ3) is 5.76. The van der Waals surface area contributed by atoms with Gasteiger partial charge in [0.15, 0.2) is 11.5 Å². The number of sulfonamides is 1. The molecule has 0 heterocycles. The highest BCUT2D eigenvalue weighted by Crippen LogP contribution is 2.25. The molecular weight excluding hydrogens is 416 g/mol. The van der Waals surface area contributed by atoms with Crippen molar-refractivity contribution < 1.29 is 22.7 Å². The second kappa shape index (κ2) is 9.99. The molecule has 0 aliphatic rings. The van der Waals surface area contributed by atoms with E-state index in [9.17, 15) is 13.2 Å². The number of hydrogen-bond donors (Lipinski definition) is 2. The molecule has 8 heteroatoms. The van der Waals surface area contributed by atoms with Gasteiger partial charge in [-0.2, -0.15) is 0 Å². The second-order valence-corrected chi connectivity index (χ2v) is 8.40. The maximum atomic E-state index is 12.7. The topological polar surface area (TPSA) is 93.7 Å². The van der Waals surface area contributed by atoms with Crippen LogP contribution in [0, 0.1) is 6.92 Å². The summed E-state index contributed by atoms with van der Waals surface area (Å²) >= 11 is 0. The summed E-state index contributed by atoms with van der Waals surface area (Å²) in [7, 11) is -2.27. The Kier molecular flexibility index (Phi) is 7.15. The lowest BCUT2D eigenvalue weighted by molar-refractivity contribution is 0.0947. The first-order valence-electron chi connectivity index (χ1n) is 9.63. The Morgan fingerprint density at radius 1 is 0.903 bits per heavy atom. The molecule has 0 atom stereocenters. The summed E-state index contributed by atoms with van der Waals surface area (Å²) in [6.45, 7) is 2.33. The van der Waals surface area contributed by atoms with Crippen molar-refractivity contribution in [1.29, 1.82) is 0 Å². The second-order valence-electron chi connectivity index (χ2n) is 6.72. The summed E-state index contributed by atoms with van der Waals surface area (Å²) < 4.78 is 38.7. The highest BCUT2D eigenvalue weighted by atomic mass is 32.2. The number of methoxy groups -OCH3 is 1. The van der Waals surface area contributed by atoms with E-state index in [0.717, 1.165) is 5.56 Å². The van der Waals surface area contributed by atoms with Gasteiger partial charge in [0.25, 0.3) is 15.9 Å². The molecule has 1 amide bonds. The van der Waals surface area contributed by atoms with Gasteiger partial charge in [-0.05, 0) is 43.3 Å². The highest BCUT2D eigenvalue weighted by Gasteiger charge is 2.18. The fourth-order valence-electron chi connectivity index (χ4n) is 2.85. The van der Waals surface area contributed by atoms with Crippen LogP contribution in [0.25, 0.3) is 0 Å². The van der Waals surface area contributed by atoms with E-state index >= 15 is 0 Å². The molecule has 3 aromatic rings. The van der Waals surface area contributed by atoms with E-state index in [2.05, 4.69) is 10.0 Å². The Bertz CT molecular complexity index is 1140. The zero-order valence-electron chi connectivity index (χ0n) is 17.3. The van der Waals surface area contributed by atoms with Crippen molar-refractivity contribution in [3.05, 3.63) is 83.9 Å². The van der Waals surface area contributed by atoms with Crippen molar-refractivity contribution in [3.8, 4) is 11.5 Å². The summed E-state index contributed by atoms with van der Waals surface area (Å²) in [5.41, 5.74) is 1.37. The van der Waals surface area contributed by atoms with Gasteiger partial charge in [-0.15, -0.1) is 0 Å². The first-order valence-corrected chi connectivity index (χ1v) is 11.1. The summed E-state index contributed by atoms with van der Waals surface area (Å²) in [5.74, 6) is 0.765. The van der Waals surface area contributed by atoms with Crippen molar-refractivity contribution in [2.45, 2.75) is 11.8 Å². The van der Waals surface area contributed by atoms with Gasteiger partial charge in [-0.25, -0.2) is 8.42 Å². The van der Waals surface area contributed by atoms with Crippen LogP contribution >= 0.6 is 0 Å². The minimum absolute atomic E-state index is 0.124. The van der Waals surface area contributed by atoms with Crippen LogP contribution in [0.1, 0.15) is 15.9 Å². The van der Waals surface area contributed by atoms with Crippen LogP contribution in [0.2, 0.25) is 0 Å². The molecule has 0 aliphatic carbocycles. The summed E-state index contributed by atoms with van der Waals surface area (Å²) in [6, 6.07) is 20.1. The monoisotopic (exact) mass is 440 g/mol. The number of rotatable bonds is 9. The Hall–Kier alpha value is -3.52. The molecule has 0 unspecified atom stereocenters. The molecule has 3 aromatic carbocycles. The molecule has 0 aromatic heterocycles. The van der Waals surface area contributed by atoms with Gasteiger partial charge in [0, 0.05) is 0 Å². The first kappa shape index (κ1) is 22.2. The van der Waals surface area contributed by atoms with Crippen molar-refractivity contribution in [2.24, 2.45) is 0 Å². The van der Waals surface area contributed by atoms with Gasteiger partial charge in [0.2, 0.25) is 0 Å². The zero-order valence-corrected chi connectivity index (χ0v) is 18.1. The fourth-order valence-corrected chi connectivity index (χ4v) is 3.93. The molecule has 0 bridgehead atoms. The maximum Gasteiger partial charge on any atom is 0.261 e. The van der Waals surface area contributed by atoms with E-state index < -0.39 is 15.9 Å². The predicted octanol–water partition coefficient (Wildman–Crippen LogP) is 3.61. The molecule has 0 aliphatic heterocycles. The molecular formula is C23H24N2O5S. The number of carbonyl (C=O) groups excluding carboxylic acids is 1. The molecule has 0 fully saturated rings. The van der Waals surface area contributed by atoms with E-state index in [4.69, 9.17) is 9.47 Å². The molecule has 0 spiro atoms. The fraction of sp³-hybridized carbons (Fsp3) is 0.174. The Morgan fingerprint density at radius 2 is 1.55 bits per heavy atom. The van der Waals surface area contributed by atoms with Crippen LogP contribution in [0.15, 0.2) is 77.7 Å². The maximum absolute atomic E-state index is 12.7. The van der Waals surface area contributed by atoms with Gasteiger partial charge in [-0.3, -0.25) is 9.52 Å². The summed E-state index contributed by atoms with van der Waals surface area (Å²) in [4.78, 5) is 12.8. The largest absolute Gasteiger partial charge is 0.493 e. The number of hydrogen-bond acceptors (Lipinski definition) is 5. The van der Waals surface area contributed by atoms with Crippen LogP contribution in [0.5, 0.6) is 11.5 Å². The van der Waals surface area contributed by atoms with Gasteiger partial charge in [0.1, 0.15) is 6.61 Å². The molecule has 162 valence electrons. The lowest BCUT2D eigenvalue weighted by atomic mass is 10.1. The average Bonchev–Trinajstić information content (AvgIpc) is 2.77. The van der Waals surface area contributed by atoms with Gasteiger partial charge >= 0.3 is 0 Å². The van der Waals surface area contributed by atoms with E-state index in [-0.39, 0.29) is 29.3 Å². The zero-order chi connectivity index (χ0) is 22.3. The first-order chi connectivity index (χ1) is 14.9. The number of benzene rings is 3. The normalized spacial score (nSPS) is 10.9. The van der Waals surface area contributed by atoms with E-state index in [1.54, 1.807) is 55.6 Å². The predicted molar refractivity (Wildman–Crippen MR) is 119 cm³/mol. The molecule has 0 radical (unpaired) electrons. The number of aryl methyl sites for hydroxylation is 1. The minimum atomic E-state index is -3.82. The number of anilines is 1. The third-order valence-electron chi connectivity index (χ3n) is 4.46. The van der Waals surface area contributed by atoms with Gasteiger partial charge < -0.3 is 14.8 Å². The average molecular weight is 441 g/mol. The van der Waals surface area contributed by atoms with Crippen molar-refractivity contribution in [1.82, 2.24) is 5.32 Å². The quantitative estimate of drug-likeness (QED) is 0.496.